The summed E-state index contributed by atoms with van der Waals surface area (Å²) in [6.45, 7) is 8.36. The number of pyridine rings is 1. The Hall–Kier alpha value is -2.09. The van der Waals surface area contributed by atoms with Crippen molar-refractivity contribution in [2.75, 3.05) is 51.1 Å². The SMILES string of the molecule is CCNC(=NCCCNc1ccc(C(F)(F)F)cn1)N1CCN(Cc2ccon2)CC1.I. The smallest absolute Gasteiger partial charge is 0.370 e. The summed E-state index contributed by atoms with van der Waals surface area (Å²) < 4.78 is 42.6. The Bertz CT molecular complexity index is 808. The number of rotatable bonds is 8. The van der Waals surface area contributed by atoms with E-state index < -0.39 is 11.7 Å². The molecule has 8 nitrogen and oxygen atoms in total. The highest BCUT2D eigenvalue weighted by Gasteiger charge is 2.30. The zero-order chi connectivity index (χ0) is 22.1. The van der Waals surface area contributed by atoms with Crippen LogP contribution in [0, 0.1) is 0 Å². The molecule has 2 aromatic heterocycles. The van der Waals surface area contributed by atoms with Gasteiger partial charge in [0.1, 0.15) is 12.1 Å². The van der Waals surface area contributed by atoms with Gasteiger partial charge in [0.15, 0.2) is 5.96 Å². The van der Waals surface area contributed by atoms with E-state index in [1.54, 1.807) is 6.26 Å². The predicted octanol–water partition coefficient (Wildman–Crippen LogP) is 3.29. The number of hydrogen-bond acceptors (Lipinski definition) is 6. The van der Waals surface area contributed by atoms with Crippen LogP contribution in [0.5, 0.6) is 0 Å². The molecule has 1 saturated heterocycles. The highest BCUT2D eigenvalue weighted by Crippen LogP contribution is 2.28. The van der Waals surface area contributed by atoms with Gasteiger partial charge in [0, 0.05) is 64.6 Å². The molecule has 178 valence electrons. The van der Waals surface area contributed by atoms with E-state index in [1.165, 1.54) is 6.07 Å². The Morgan fingerprint density at radius 1 is 1.19 bits per heavy atom. The summed E-state index contributed by atoms with van der Waals surface area (Å²) >= 11 is 0. The molecule has 0 bridgehead atoms. The summed E-state index contributed by atoms with van der Waals surface area (Å²) in [6.07, 6.45) is -1.20. The summed E-state index contributed by atoms with van der Waals surface area (Å²) in [5, 5.41) is 10.3. The van der Waals surface area contributed by atoms with Gasteiger partial charge in [-0.15, -0.1) is 24.0 Å². The van der Waals surface area contributed by atoms with E-state index >= 15 is 0 Å². The first-order valence-corrected chi connectivity index (χ1v) is 10.4. The number of piperazine rings is 1. The number of aromatic nitrogens is 2. The molecule has 32 heavy (non-hydrogen) atoms. The molecule has 2 N–H and O–H groups in total. The minimum Gasteiger partial charge on any atom is -0.370 e. The number of hydrogen-bond donors (Lipinski definition) is 2. The van der Waals surface area contributed by atoms with E-state index in [0.717, 1.165) is 69.6 Å². The predicted molar refractivity (Wildman–Crippen MR) is 127 cm³/mol. The quantitative estimate of drug-likeness (QED) is 0.219. The minimum absolute atomic E-state index is 0. The molecule has 3 rings (SSSR count). The molecule has 12 heteroatoms. The van der Waals surface area contributed by atoms with Crippen molar-refractivity contribution in [1.82, 2.24) is 25.3 Å². The second-order valence-electron chi connectivity index (χ2n) is 7.20. The first-order chi connectivity index (χ1) is 15.0. The lowest BCUT2D eigenvalue weighted by Gasteiger charge is -2.36. The molecule has 1 fully saturated rings. The van der Waals surface area contributed by atoms with Crippen LogP contribution in [-0.2, 0) is 12.7 Å². The van der Waals surface area contributed by atoms with E-state index in [2.05, 4.69) is 30.6 Å². The van der Waals surface area contributed by atoms with Crippen molar-refractivity contribution in [2.24, 2.45) is 4.99 Å². The molecule has 0 unspecified atom stereocenters. The number of guanidine groups is 1. The molecule has 1 aliphatic heterocycles. The zero-order valence-corrected chi connectivity index (χ0v) is 20.3. The maximum atomic E-state index is 12.6. The molecule has 0 amide bonds. The third kappa shape index (κ3) is 8.11. The lowest BCUT2D eigenvalue weighted by molar-refractivity contribution is -0.137. The summed E-state index contributed by atoms with van der Waals surface area (Å²) in [7, 11) is 0. The van der Waals surface area contributed by atoms with Crippen LogP contribution in [0.3, 0.4) is 0 Å². The molecule has 0 atom stereocenters. The monoisotopic (exact) mass is 567 g/mol. The molecule has 0 spiro atoms. The summed E-state index contributed by atoms with van der Waals surface area (Å²) in [6, 6.07) is 4.25. The first-order valence-electron chi connectivity index (χ1n) is 10.4. The molecule has 0 aliphatic carbocycles. The van der Waals surface area contributed by atoms with E-state index in [4.69, 9.17) is 9.52 Å². The van der Waals surface area contributed by atoms with Crippen LogP contribution in [0.1, 0.15) is 24.6 Å². The molecule has 3 heterocycles. The molecular weight excluding hydrogens is 538 g/mol. The number of alkyl halides is 3. The van der Waals surface area contributed by atoms with Crippen LogP contribution >= 0.6 is 24.0 Å². The molecular formula is C20H29F3IN7O. The van der Waals surface area contributed by atoms with Gasteiger partial charge in [-0.1, -0.05) is 5.16 Å². The standard InChI is InChI=1S/C20H28F3N7O.HI/c1-2-24-19(30-11-9-29(10-12-30)15-17-6-13-31-28-17)26-8-3-7-25-18-5-4-16(14-27-18)20(21,22)23;/h4-6,13-14H,2-3,7-12,15H2,1H3,(H,24,26)(H,25,27);1H. The van der Waals surface area contributed by atoms with Crippen molar-refractivity contribution in [3.8, 4) is 0 Å². The highest BCUT2D eigenvalue weighted by molar-refractivity contribution is 14.0. The lowest BCUT2D eigenvalue weighted by atomic mass is 10.3. The molecule has 0 aromatic carbocycles. The average molecular weight is 567 g/mol. The van der Waals surface area contributed by atoms with E-state index in [1.807, 2.05) is 13.0 Å². The molecule has 2 aromatic rings. The fourth-order valence-electron chi connectivity index (χ4n) is 3.24. The van der Waals surface area contributed by atoms with Crippen molar-refractivity contribution in [3.63, 3.8) is 0 Å². The molecule has 1 aliphatic rings. The van der Waals surface area contributed by atoms with Crippen LogP contribution < -0.4 is 10.6 Å². The van der Waals surface area contributed by atoms with E-state index in [-0.39, 0.29) is 24.0 Å². The fraction of sp³-hybridized carbons (Fsp3) is 0.550. The van der Waals surface area contributed by atoms with Crippen LogP contribution in [-0.4, -0.2) is 71.7 Å². The third-order valence-electron chi connectivity index (χ3n) is 4.88. The highest BCUT2D eigenvalue weighted by atomic mass is 127. The van der Waals surface area contributed by atoms with Crippen LogP contribution in [0.2, 0.25) is 0 Å². The lowest BCUT2D eigenvalue weighted by Crippen LogP contribution is -2.52. The van der Waals surface area contributed by atoms with Gasteiger partial charge in [-0.05, 0) is 25.5 Å². The number of nitrogens with one attached hydrogen (secondary N) is 2. The van der Waals surface area contributed by atoms with Crippen LogP contribution in [0.25, 0.3) is 0 Å². The van der Waals surface area contributed by atoms with Gasteiger partial charge in [-0.3, -0.25) is 9.89 Å². The maximum absolute atomic E-state index is 12.6. The normalized spacial score (nSPS) is 15.4. The van der Waals surface area contributed by atoms with Crippen LogP contribution in [0.4, 0.5) is 19.0 Å². The van der Waals surface area contributed by atoms with E-state index in [9.17, 15) is 13.2 Å². The second kappa shape index (κ2) is 12.8. The van der Waals surface area contributed by atoms with Gasteiger partial charge in [0.25, 0.3) is 0 Å². The van der Waals surface area contributed by atoms with E-state index in [0.29, 0.717) is 18.9 Å². The topological polar surface area (TPSA) is 81.8 Å². The van der Waals surface area contributed by atoms with Gasteiger partial charge >= 0.3 is 6.18 Å². The van der Waals surface area contributed by atoms with Gasteiger partial charge in [0.05, 0.1) is 11.3 Å². The van der Waals surface area contributed by atoms with Gasteiger partial charge in [-0.25, -0.2) is 4.98 Å². The fourth-order valence-corrected chi connectivity index (χ4v) is 3.24. The van der Waals surface area contributed by atoms with Crippen molar-refractivity contribution in [3.05, 3.63) is 41.9 Å². The van der Waals surface area contributed by atoms with Crippen molar-refractivity contribution >= 4 is 35.8 Å². The van der Waals surface area contributed by atoms with Gasteiger partial charge in [-0.2, -0.15) is 13.2 Å². The zero-order valence-electron chi connectivity index (χ0n) is 17.9. The maximum Gasteiger partial charge on any atom is 0.417 e. The molecule has 0 radical (unpaired) electrons. The van der Waals surface area contributed by atoms with Crippen molar-refractivity contribution < 1.29 is 17.7 Å². The first kappa shape index (κ1) is 26.2. The number of halogens is 4. The summed E-state index contributed by atoms with van der Waals surface area (Å²) in [4.78, 5) is 13.1. The van der Waals surface area contributed by atoms with Gasteiger partial charge < -0.3 is 20.1 Å². The summed E-state index contributed by atoms with van der Waals surface area (Å²) in [5.41, 5.74) is 0.183. The number of nitrogens with zero attached hydrogens (tertiary/aromatic N) is 5. The van der Waals surface area contributed by atoms with Crippen molar-refractivity contribution in [1.29, 1.82) is 0 Å². The molecule has 0 saturated carbocycles. The largest absolute Gasteiger partial charge is 0.417 e. The van der Waals surface area contributed by atoms with Crippen LogP contribution in [0.15, 0.2) is 40.2 Å². The summed E-state index contributed by atoms with van der Waals surface area (Å²) in [5.74, 6) is 1.31. The number of aliphatic imine (C=N–C) groups is 1. The third-order valence-corrected chi connectivity index (χ3v) is 4.88. The van der Waals surface area contributed by atoms with Gasteiger partial charge in [0.2, 0.25) is 0 Å². The Morgan fingerprint density at radius 3 is 2.56 bits per heavy atom. The Balaban J connectivity index is 0.00000363. The second-order valence-corrected chi connectivity index (χ2v) is 7.20. The Kier molecular flexibility index (Phi) is 10.5. The minimum atomic E-state index is -4.37. The average Bonchev–Trinajstić information content (AvgIpc) is 3.26. The van der Waals surface area contributed by atoms with Crippen molar-refractivity contribution in [2.45, 2.75) is 26.1 Å². The number of anilines is 1. The Labute approximate surface area is 202 Å². The Morgan fingerprint density at radius 2 is 1.97 bits per heavy atom.